The van der Waals surface area contributed by atoms with Crippen LogP contribution in [0.25, 0.3) is 22.5 Å². The van der Waals surface area contributed by atoms with Gasteiger partial charge in [0.05, 0.1) is 6.26 Å². The molecule has 1 heterocycles. The van der Waals surface area contributed by atoms with Crippen molar-refractivity contribution in [2.45, 2.75) is 0 Å². The normalized spacial score (nSPS) is 10.6. The fraction of sp³-hybridized carbons (Fsp3) is 0. The van der Waals surface area contributed by atoms with Gasteiger partial charge in [0.2, 0.25) is 0 Å². The highest BCUT2D eigenvalue weighted by Crippen LogP contribution is 2.33. The zero-order chi connectivity index (χ0) is 13.2. The van der Waals surface area contributed by atoms with Crippen molar-refractivity contribution >= 4 is 0 Å². The minimum absolute atomic E-state index is 0.282. The first-order valence-electron chi connectivity index (χ1n) is 5.83. The fourth-order valence-corrected chi connectivity index (χ4v) is 1.99. The van der Waals surface area contributed by atoms with E-state index in [4.69, 9.17) is 4.42 Å². The van der Waals surface area contributed by atoms with E-state index in [9.17, 15) is 8.78 Å². The first-order chi connectivity index (χ1) is 9.24. The quantitative estimate of drug-likeness (QED) is 0.636. The van der Waals surface area contributed by atoms with Crippen LogP contribution in [0.4, 0.5) is 8.78 Å². The first kappa shape index (κ1) is 11.7. The van der Waals surface area contributed by atoms with Gasteiger partial charge in [-0.15, -0.1) is 0 Å². The van der Waals surface area contributed by atoms with Gasteiger partial charge in [0.15, 0.2) is 0 Å². The van der Waals surface area contributed by atoms with Gasteiger partial charge in [-0.2, -0.15) is 0 Å². The summed E-state index contributed by atoms with van der Waals surface area (Å²) >= 11 is 0. The number of furan rings is 1. The van der Waals surface area contributed by atoms with Gasteiger partial charge in [-0.3, -0.25) is 0 Å². The first-order valence-corrected chi connectivity index (χ1v) is 5.83. The van der Waals surface area contributed by atoms with Crippen LogP contribution in [-0.4, -0.2) is 0 Å². The van der Waals surface area contributed by atoms with Crippen molar-refractivity contribution in [3.8, 4) is 22.5 Å². The molecule has 0 bridgehead atoms. The highest BCUT2D eigenvalue weighted by atomic mass is 19.1. The Balaban J connectivity index is 2.07. The van der Waals surface area contributed by atoms with Crippen molar-refractivity contribution in [2.24, 2.45) is 0 Å². The number of halogens is 2. The zero-order valence-electron chi connectivity index (χ0n) is 9.94. The second-order valence-corrected chi connectivity index (χ2v) is 4.18. The van der Waals surface area contributed by atoms with Crippen molar-refractivity contribution in [3.63, 3.8) is 0 Å². The number of hydrogen-bond donors (Lipinski definition) is 0. The van der Waals surface area contributed by atoms with E-state index in [1.165, 1.54) is 24.3 Å². The van der Waals surface area contributed by atoms with Gasteiger partial charge in [-0.1, -0.05) is 12.1 Å². The summed E-state index contributed by atoms with van der Waals surface area (Å²) in [7, 11) is 0. The molecule has 3 rings (SSSR count). The molecule has 0 fully saturated rings. The molecule has 0 amide bonds. The van der Waals surface area contributed by atoms with Gasteiger partial charge in [0.25, 0.3) is 0 Å². The lowest BCUT2D eigenvalue weighted by molar-refractivity contribution is 0.582. The second kappa shape index (κ2) is 4.69. The molecule has 19 heavy (non-hydrogen) atoms. The third-order valence-electron chi connectivity index (χ3n) is 2.93. The van der Waals surface area contributed by atoms with Crippen molar-refractivity contribution in [1.82, 2.24) is 0 Å². The van der Waals surface area contributed by atoms with Crippen molar-refractivity contribution in [2.75, 3.05) is 0 Å². The van der Waals surface area contributed by atoms with Gasteiger partial charge in [0.1, 0.15) is 17.4 Å². The molecule has 94 valence electrons. The summed E-state index contributed by atoms with van der Waals surface area (Å²) in [5.41, 5.74) is 2.49. The molecule has 0 saturated carbocycles. The number of rotatable bonds is 2. The van der Waals surface area contributed by atoms with E-state index >= 15 is 0 Å². The Labute approximate surface area is 109 Å². The van der Waals surface area contributed by atoms with E-state index in [0.717, 1.165) is 16.7 Å². The van der Waals surface area contributed by atoms with Crippen LogP contribution in [0.5, 0.6) is 0 Å². The van der Waals surface area contributed by atoms with Gasteiger partial charge < -0.3 is 4.42 Å². The molecule has 1 aromatic heterocycles. The molecule has 0 aliphatic carbocycles. The summed E-state index contributed by atoms with van der Waals surface area (Å²) in [4.78, 5) is 0. The predicted molar refractivity (Wildman–Crippen MR) is 69.5 cm³/mol. The minimum Gasteiger partial charge on any atom is -0.464 e. The Hall–Kier alpha value is -2.42. The average Bonchev–Trinajstić information content (AvgIpc) is 2.90. The van der Waals surface area contributed by atoms with E-state index in [-0.39, 0.29) is 11.6 Å². The maximum Gasteiger partial charge on any atom is 0.141 e. The second-order valence-electron chi connectivity index (χ2n) is 4.18. The van der Waals surface area contributed by atoms with Gasteiger partial charge in [0, 0.05) is 11.1 Å². The van der Waals surface area contributed by atoms with Gasteiger partial charge in [-0.05, 0) is 48.0 Å². The molecular weight excluding hydrogens is 246 g/mol. The smallest absolute Gasteiger partial charge is 0.141 e. The highest BCUT2D eigenvalue weighted by molar-refractivity contribution is 5.79. The molecule has 0 aliphatic rings. The zero-order valence-corrected chi connectivity index (χ0v) is 9.94. The Bertz CT molecular complexity index is 622. The van der Waals surface area contributed by atoms with E-state index < -0.39 is 0 Å². The maximum atomic E-state index is 12.9. The highest BCUT2D eigenvalue weighted by Gasteiger charge is 2.11. The third-order valence-corrected chi connectivity index (χ3v) is 2.93. The Morgan fingerprint density at radius 3 is 1.74 bits per heavy atom. The van der Waals surface area contributed by atoms with Crippen LogP contribution in [0.1, 0.15) is 0 Å². The molecule has 2 aromatic carbocycles. The summed E-state index contributed by atoms with van der Waals surface area (Å²) in [6.45, 7) is 0. The Morgan fingerprint density at radius 1 is 0.632 bits per heavy atom. The molecule has 0 unspecified atom stereocenters. The summed E-state index contributed by atoms with van der Waals surface area (Å²) in [6.07, 6.45) is 1.57. The van der Waals surface area contributed by atoms with Gasteiger partial charge in [-0.25, -0.2) is 8.78 Å². The van der Waals surface area contributed by atoms with Crippen LogP contribution in [0.15, 0.2) is 65.3 Å². The molecule has 0 N–H and O–H groups in total. The molecule has 0 spiro atoms. The van der Waals surface area contributed by atoms with E-state index in [2.05, 4.69) is 0 Å². The molecule has 1 nitrogen and oxygen atoms in total. The lowest BCUT2D eigenvalue weighted by atomic mass is 10.0. The maximum absolute atomic E-state index is 12.9. The van der Waals surface area contributed by atoms with Crippen LogP contribution in [0, 0.1) is 11.6 Å². The summed E-state index contributed by atoms with van der Waals surface area (Å²) in [5.74, 6) is 0.0702. The lowest BCUT2D eigenvalue weighted by Gasteiger charge is -2.03. The van der Waals surface area contributed by atoms with Crippen LogP contribution in [-0.2, 0) is 0 Å². The Kier molecular flexibility index (Phi) is 2.88. The Morgan fingerprint density at radius 2 is 1.16 bits per heavy atom. The van der Waals surface area contributed by atoms with Crippen LogP contribution in [0.3, 0.4) is 0 Å². The topological polar surface area (TPSA) is 13.1 Å². The summed E-state index contributed by atoms with van der Waals surface area (Å²) in [6, 6.07) is 14.1. The predicted octanol–water partition coefficient (Wildman–Crippen LogP) is 4.89. The summed E-state index contributed by atoms with van der Waals surface area (Å²) < 4.78 is 31.3. The molecular formula is C16H10F2O. The van der Waals surface area contributed by atoms with Gasteiger partial charge >= 0.3 is 0 Å². The van der Waals surface area contributed by atoms with Crippen molar-refractivity contribution in [3.05, 3.63) is 72.5 Å². The number of benzene rings is 2. The monoisotopic (exact) mass is 256 g/mol. The SMILES string of the molecule is Fc1ccc(-c2ccoc2-c2ccc(F)cc2)cc1. The fourth-order valence-electron chi connectivity index (χ4n) is 1.99. The lowest BCUT2D eigenvalue weighted by Crippen LogP contribution is -1.82. The van der Waals surface area contributed by atoms with Crippen molar-refractivity contribution < 1.29 is 13.2 Å². The standard InChI is InChI=1S/C16H10F2O/c17-13-5-1-11(2-6-13)15-9-10-19-16(15)12-3-7-14(18)8-4-12/h1-10H. The van der Waals surface area contributed by atoms with E-state index in [1.54, 1.807) is 30.5 Å². The van der Waals surface area contributed by atoms with Crippen molar-refractivity contribution in [1.29, 1.82) is 0 Å². The minimum atomic E-state index is -0.293. The molecule has 3 aromatic rings. The van der Waals surface area contributed by atoms with E-state index in [1.807, 2.05) is 6.07 Å². The molecule has 0 saturated heterocycles. The van der Waals surface area contributed by atoms with E-state index in [0.29, 0.717) is 5.76 Å². The molecule has 3 heteroatoms. The molecule has 0 radical (unpaired) electrons. The van der Waals surface area contributed by atoms with Crippen LogP contribution < -0.4 is 0 Å². The van der Waals surface area contributed by atoms with Crippen LogP contribution in [0.2, 0.25) is 0 Å². The number of hydrogen-bond acceptors (Lipinski definition) is 1. The largest absolute Gasteiger partial charge is 0.464 e. The van der Waals surface area contributed by atoms with Crippen LogP contribution >= 0.6 is 0 Å². The molecule has 0 aliphatic heterocycles. The third kappa shape index (κ3) is 2.27. The summed E-state index contributed by atoms with van der Waals surface area (Å²) in [5, 5.41) is 0. The average molecular weight is 256 g/mol. The molecule has 0 atom stereocenters.